The second-order valence-corrected chi connectivity index (χ2v) is 29.4. The van der Waals surface area contributed by atoms with Gasteiger partial charge in [0.15, 0.2) is 75.6 Å². The van der Waals surface area contributed by atoms with Crippen molar-refractivity contribution in [3.8, 4) is 176 Å². The maximum Gasteiger partial charge on any atom is 0.188 e. The lowest BCUT2D eigenvalue weighted by Crippen LogP contribution is -2.03. The number of hydrogen-bond donors (Lipinski definition) is 0. The maximum absolute atomic E-state index is 10.3. The van der Waals surface area contributed by atoms with Gasteiger partial charge in [0.2, 0.25) is 0 Å². The second kappa shape index (κ2) is 30.6. The van der Waals surface area contributed by atoms with Crippen LogP contribution in [0.2, 0.25) is 0 Å². The van der Waals surface area contributed by atoms with Gasteiger partial charge in [-0.1, -0.05) is 261 Å². The monoisotopic (exact) mass is 1550 g/mol. The van der Waals surface area contributed by atoms with Crippen molar-refractivity contribution in [1.82, 2.24) is 68.9 Å². The highest BCUT2D eigenvalue weighted by Crippen LogP contribution is 2.47. The number of rotatable bonds is 16. The summed E-state index contributed by atoms with van der Waals surface area (Å²) in [6.07, 6.45) is 0. The van der Waals surface area contributed by atoms with Crippen molar-refractivity contribution < 1.29 is 0 Å². The summed E-state index contributed by atoms with van der Waals surface area (Å²) in [6, 6.07) is 126. The molecule has 0 spiro atoms. The molecule has 0 aliphatic rings. The van der Waals surface area contributed by atoms with Gasteiger partial charge in [-0.15, -0.1) is 0 Å². The van der Waals surface area contributed by atoms with E-state index in [1.54, 1.807) is 0 Å². The zero-order valence-corrected chi connectivity index (χ0v) is 64.9. The van der Waals surface area contributed by atoms with E-state index in [2.05, 4.69) is 117 Å². The first-order chi connectivity index (χ1) is 59.7. The minimum absolute atomic E-state index is 0.423. The molecule has 0 atom stereocenters. The van der Waals surface area contributed by atoms with Gasteiger partial charge in [0.1, 0.15) is 0 Å². The molecule has 0 radical (unpaired) electrons. The Hall–Kier alpha value is -17.1. The summed E-state index contributed by atoms with van der Waals surface area (Å²) in [4.78, 5) is 66.8. The molecule has 21 rings (SSSR count). The molecule has 0 amide bonds. The fraction of sp³-hybridized carbons (Fsp3) is 0.00952. The molecule has 16 heteroatoms. The smallest absolute Gasteiger partial charge is 0.188 e. The highest BCUT2D eigenvalue weighted by molar-refractivity contribution is 6.14. The van der Waals surface area contributed by atoms with Crippen LogP contribution in [0.15, 0.2) is 370 Å². The second-order valence-electron chi connectivity index (χ2n) is 29.4. The largest absolute Gasteiger partial charge is 0.309 e. The van der Waals surface area contributed by atoms with Crippen LogP contribution < -0.4 is 0 Å². The van der Waals surface area contributed by atoms with E-state index in [1.165, 1.54) is 0 Å². The molecule has 21 aromatic rings. The Balaban J connectivity index is 0.827. The third-order valence-corrected chi connectivity index (χ3v) is 21.9. The Labute approximate surface area is 695 Å². The van der Waals surface area contributed by atoms with Crippen LogP contribution in [-0.2, 0) is 0 Å². The molecule has 0 saturated carbocycles. The lowest BCUT2D eigenvalue weighted by atomic mass is 9.93. The molecule has 15 aromatic carbocycles. The standard InChI is InChI=1S/C105H64N16/c1-65-57-66(64-106)43-50-81(65)75-44-51-88(120-89-52-45-76(102-112-94(67-27-11-3-12-28-67)108-95(113-102)68-29-13-4-14-30-68)59-83(89)84-60-77(46-53-90(84)120)103-114-96(69-31-15-5-16-32-69)109-97(115-103)70-33-17-6-18-34-70)82(58-75)87-63-80(107-2)49-56-93(87)121-91-54-47-78(104-116-98(71-35-19-7-20-36-71)110-99(117-104)72-37-21-8-22-38-72)61-85(91)86-62-79(48-55-92(86)121)105-118-100(73-39-23-9-24-40-73)111-101(119-105)74-41-25-10-26-42-74/h3-63H,1H3. The molecule has 0 N–H and O–H groups in total. The molecule has 0 bridgehead atoms. The summed E-state index contributed by atoms with van der Waals surface area (Å²) in [7, 11) is 0. The summed E-state index contributed by atoms with van der Waals surface area (Å²) in [5.74, 6) is 6.22. The van der Waals surface area contributed by atoms with E-state index in [-0.39, 0.29) is 0 Å². The molecule has 0 aliphatic heterocycles. The first-order valence-corrected chi connectivity index (χ1v) is 39.6. The van der Waals surface area contributed by atoms with Gasteiger partial charge in [-0.25, -0.2) is 64.7 Å². The van der Waals surface area contributed by atoms with Crippen LogP contribution in [-0.4, -0.2) is 68.9 Å². The van der Waals surface area contributed by atoms with Crippen molar-refractivity contribution in [2.24, 2.45) is 0 Å². The minimum Gasteiger partial charge on any atom is -0.309 e. The normalized spacial score (nSPS) is 11.3. The van der Waals surface area contributed by atoms with E-state index in [4.69, 9.17) is 66.4 Å². The minimum atomic E-state index is 0.423. The highest BCUT2D eigenvalue weighted by atomic mass is 15.1. The topological polar surface area (TPSA) is 193 Å². The lowest BCUT2D eigenvalue weighted by Gasteiger charge is -2.21. The van der Waals surface area contributed by atoms with E-state index in [9.17, 15) is 5.26 Å². The molecular weight excluding hydrogens is 1490 g/mol. The summed E-state index contributed by atoms with van der Waals surface area (Å²) in [5, 5.41) is 13.8. The summed E-state index contributed by atoms with van der Waals surface area (Å²) in [5.41, 5.74) is 20.1. The predicted molar refractivity (Wildman–Crippen MR) is 480 cm³/mol. The third kappa shape index (κ3) is 13.6. The summed E-state index contributed by atoms with van der Waals surface area (Å²) < 4.78 is 4.62. The molecule has 0 saturated heterocycles. The molecule has 0 fully saturated rings. The van der Waals surface area contributed by atoms with Gasteiger partial charge in [-0.3, -0.25) is 0 Å². The fourth-order valence-corrected chi connectivity index (χ4v) is 16.0. The molecule has 0 unspecified atom stereocenters. The van der Waals surface area contributed by atoms with Gasteiger partial charge in [0.05, 0.1) is 51.6 Å². The summed E-state index contributed by atoms with van der Waals surface area (Å²) >= 11 is 0. The van der Waals surface area contributed by atoms with Gasteiger partial charge in [-0.2, -0.15) is 5.26 Å². The number of nitrogens with zero attached hydrogens (tertiary/aromatic N) is 16. The number of fused-ring (bicyclic) bond motifs is 6. The van der Waals surface area contributed by atoms with Crippen molar-refractivity contribution in [3.05, 3.63) is 393 Å². The number of aryl methyl sites for hydroxylation is 1. The Bertz CT molecular complexity index is 7110. The number of aromatic nitrogens is 14. The van der Waals surface area contributed by atoms with Gasteiger partial charge in [-0.05, 0) is 138 Å². The zero-order valence-electron chi connectivity index (χ0n) is 64.9. The van der Waals surface area contributed by atoms with E-state index in [0.717, 1.165) is 150 Å². The van der Waals surface area contributed by atoms with Crippen LogP contribution in [0.5, 0.6) is 0 Å². The van der Waals surface area contributed by atoms with Crippen molar-refractivity contribution in [2.75, 3.05) is 0 Å². The Morgan fingerprint density at radius 3 is 0.719 bits per heavy atom. The Morgan fingerprint density at radius 1 is 0.231 bits per heavy atom. The first kappa shape index (κ1) is 71.7. The van der Waals surface area contributed by atoms with Crippen molar-refractivity contribution in [2.45, 2.75) is 6.92 Å². The molecule has 6 aromatic heterocycles. The lowest BCUT2D eigenvalue weighted by molar-refractivity contribution is 1.07. The number of nitriles is 1. The highest BCUT2D eigenvalue weighted by Gasteiger charge is 2.27. The predicted octanol–water partition coefficient (Wildman–Crippen LogP) is 24.7. The van der Waals surface area contributed by atoms with Crippen molar-refractivity contribution in [1.29, 1.82) is 5.26 Å². The van der Waals surface area contributed by atoms with Crippen molar-refractivity contribution in [3.63, 3.8) is 0 Å². The SMILES string of the molecule is [C-]#[N+]c1ccc(-n2c3ccc(-c4nc(-c5ccccc5)nc(-c5ccccc5)n4)cc3c3cc(-c4nc(-c5ccccc5)nc(-c5ccccc5)n4)ccc32)c(-c2cc(-c3ccc(C#N)cc3C)ccc2-n2c3ccc(-c4nc(-c5ccccc5)nc(-c5ccccc5)n4)cc3c3cc(-c4nc(-c5ccccc5)nc(-c5ccccc5)n4)ccc32)c1. The van der Waals surface area contributed by atoms with Crippen LogP contribution in [0.4, 0.5) is 5.69 Å². The molecule has 6 heterocycles. The van der Waals surface area contributed by atoms with Crippen molar-refractivity contribution >= 4 is 49.3 Å². The molecule has 0 aliphatic carbocycles. The quantitative estimate of drug-likeness (QED) is 0.0831. The average molecular weight is 1550 g/mol. The Morgan fingerprint density at radius 2 is 0.471 bits per heavy atom. The first-order valence-electron chi connectivity index (χ1n) is 39.6. The van der Waals surface area contributed by atoms with Crippen LogP contribution in [0.1, 0.15) is 11.1 Å². The molecule has 16 nitrogen and oxygen atoms in total. The van der Waals surface area contributed by atoms with Crippen LogP contribution in [0.25, 0.3) is 219 Å². The number of hydrogen-bond acceptors (Lipinski definition) is 13. The van der Waals surface area contributed by atoms with Crippen LogP contribution in [0.3, 0.4) is 0 Å². The van der Waals surface area contributed by atoms with E-state index in [1.807, 2.05) is 280 Å². The molecule has 564 valence electrons. The fourth-order valence-electron chi connectivity index (χ4n) is 16.0. The van der Waals surface area contributed by atoms with Crippen LogP contribution >= 0.6 is 0 Å². The zero-order chi connectivity index (χ0) is 80.9. The van der Waals surface area contributed by atoms with Gasteiger partial charge < -0.3 is 9.13 Å². The maximum atomic E-state index is 10.3. The van der Waals surface area contributed by atoms with E-state index in [0.29, 0.717) is 81.1 Å². The van der Waals surface area contributed by atoms with E-state index >= 15 is 0 Å². The van der Waals surface area contributed by atoms with Gasteiger partial charge >= 0.3 is 0 Å². The van der Waals surface area contributed by atoms with Crippen LogP contribution in [0, 0.1) is 24.8 Å². The van der Waals surface area contributed by atoms with E-state index < -0.39 is 0 Å². The third-order valence-electron chi connectivity index (χ3n) is 21.9. The molecular formula is C105H64N16. The number of benzene rings is 15. The Kier molecular flexibility index (Phi) is 18.1. The molecule has 121 heavy (non-hydrogen) atoms. The summed E-state index contributed by atoms with van der Waals surface area (Å²) in [6.45, 7) is 10.9. The van der Waals surface area contributed by atoms with Gasteiger partial charge in [0, 0.05) is 93.9 Å². The average Bonchev–Trinajstić information content (AvgIpc) is 1.56. The van der Waals surface area contributed by atoms with Gasteiger partial charge in [0.25, 0.3) is 0 Å².